The quantitative estimate of drug-likeness (QED) is 0.807. The lowest BCUT2D eigenvalue weighted by Crippen LogP contribution is -2.30. The summed E-state index contributed by atoms with van der Waals surface area (Å²) < 4.78 is 0. The maximum absolute atomic E-state index is 11.0. The van der Waals surface area contributed by atoms with Gasteiger partial charge >= 0.3 is 5.97 Å². The van der Waals surface area contributed by atoms with Crippen molar-refractivity contribution in [1.82, 2.24) is 9.97 Å². The molecule has 2 unspecified atom stereocenters. The molecule has 1 heterocycles. The molecule has 0 aliphatic heterocycles. The average molecular weight is 232 g/mol. The van der Waals surface area contributed by atoms with E-state index in [1.54, 1.807) is 0 Å². The monoisotopic (exact) mass is 232 g/mol. The van der Waals surface area contributed by atoms with E-state index in [4.69, 9.17) is 10.4 Å². The van der Waals surface area contributed by atoms with E-state index in [9.17, 15) is 4.79 Å². The fraction of sp³-hybridized carbons (Fsp3) is 0.455. The Kier molecular flexibility index (Phi) is 3.19. The number of carboxylic acids is 1. The fourth-order valence-electron chi connectivity index (χ4n) is 2.13. The van der Waals surface area contributed by atoms with Gasteiger partial charge < -0.3 is 10.4 Å². The summed E-state index contributed by atoms with van der Waals surface area (Å²) in [6.45, 7) is 0. The Labute approximate surface area is 98.3 Å². The zero-order valence-electron chi connectivity index (χ0n) is 9.13. The molecule has 2 N–H and O–H groups in total. The highest BCUT2D eigenvalue weighted by molar-refractivity contribution is 5.72. The lowest BCUT2D eigenvalue weighted by atomic mass is 10.0. The first-order valence-corrected chi connectivity index (χ1v) is 5.43. The van der Waals surface area contributed by atoms with Gasteiger partial charge in [-0.2, -0.15) is 5.26 Å². The Morgan fingerprint density at radius 2 is 2.24 bits per heavy atom. The molecule has 1 aromatic heterocycles. The van der Waals surface area contributed by atoms with Crippen LogP contribution in [0.4, 0.5) is 5.82 Å². The average Bonchev–Trinajstić information content (AvgIpc) is 2.78. The van der Waals surface area contributed by atoms with Crippen LogP contribution in [-0.4, -0.2) is 27.1 Å². The number of carboxylic acid groups (broad SMARTS) is 1. The lowest BCUT2D eigenvalue weighted by Gasteiger charge is -2.18. The third-order valence-corrected chi connectivity index (χ3v) is 2.96. The molecule has 0 aromatic carbocycles. The van der Waals surface area contributed by atoms with Gasteiger partial charge in [0.15, 0.2) is 11.5 Å². The standard InChI is InChI=1S/C11H12N4O2/c12-6-9-10(14-5-4-13-9)15-8-3-1-2-7(8)11(16)17/h4-5,7-8H,1-3H2,(H,14,15)(H,16,17). The second kappa shape index (κ2) is 4.78. The van der Waals surface area contributed by atoms with Gasteiger partial charge in [-0.05, 0) is 12.8 Å². The Morgan fingerprint density at radius 1 is 1.47 bits per heavy atom. The van der Waals surface area contributed by atoms with Crippen LogP contribution in [0.3, 0.4) is 0 Å². The topological polar surface area (TPSA) is 98.9 Å². The van der Waals surface area contributed by atoms with Gasteiger partial charge in [0.1, 0.15) is 6.07 Å². The molecule has 0 bridgehead atoms. The molecule has 1 aromatic rings. The fourth-order valence-corrected chi connectivity index (χ4v) is 2.13. The summed E-state index contributed by atoms with van der Waals surface area (Å²) in [6.07, 6.45) is 5.23. The summed E-state index contributed by atoms with van der Waals surface area (Å²) in [5.74, 6) is -0.848. The number of nitriles is 1. The second-order valence-corrected chi connectivity index (χ2v) is 3.99. The van der Waals surface area contributed by atoms with Crippen LogP contribution in [0.25, 0.3) is 0 Å². The molecule has 88 valence electrons. The molecule has 1 saturated carbocycles. The molecule has 2 rings (SSSR count). The molecule has 17 heavy (non-hydrogen) atoms. The Hall–Kier alpha value is -2.16. The maximum Gasteiger partial charge on any atom is 0.308 e. The van der Waals surface area contributed by atoms with E-state index < -0.39 is 11.9 Å². The van der Waals surface area contributed by atoms with Gasteiger partial charge in [0.2, 0.25) is 0 Å². The first-order chi connectivity index (χ1) is 8.22. The largest absolute Gasteiger partial charge is 0.481 e. The van der Waals surface area contributed by atoms with E-state index in [1.165, 1.54) is 12.4 Å². The Balaban J connectivity index is 2.15. The zero-order chi connectivity index (χ0) is 12.3. The summed E-state index contributed by atoms with van der Waals surface area (Å²) in [6, 6.07) is 1.76. The molecule has 1 aliphatic rings. The Morgan fingerprint density at radius 3 is 2.94 bits per heavy atom. The van der Waals surface area contributed by atoms with Crippen LogP contribution in [0.15, 0.2) is 12.4 Å². The zero-order valence-corrected chi connectivity index (χ0v) is 9.13. The van der Waals surface area contributed by atoms with Crippen LogP contribution in [0.1, 0.15) is 25.0 Å². The summed E-state index contributed by atoms with van der Waals surface area (Å²) >= 11 is 0. The third kappa shape index (κ3) is 2.33. The second-order valence-electron chi connectivity index (χ2n) is 3.99. The van der Waals surface area contributed by atoms with Crippen LogP contribution in [0, 0.1) is 17.2 Å². The van der Waals surface area contributed by atoms with Crippen molar-refractivity contribution in [2.24, 2.45) is 5.92 Å². The molecule has 2 atom stereocenters. The number of aromatic nitrogens is 2. The molecule has 0 amide bonds. The predicted molar refractivity (Wildman–Crippen MR) is 59.1 cm³/mol. The number of aliphatic carboxylic acids is 1. The molecule has 0 spiro atoms. The third-order valence-electron chi connectivity index (χ3n) is 2.96. The van der Waals surface area contributed by atoms with Crippen molar-refractivity contribution in [2.45, 2.75) is 25.3 Å². The van der Waals surface area contributed by atoms with Crippen LogP contribution in [-0.2, 0) is 4.79 Å². The number of nitrogens with zero attached hydrogens (tertiary/aromatic N) is 3. The van der Waals surface area contributed by atoms with Gasteiger partial charge in [0.25, 0.3) is 0 Å². The SMILES string of the molecule is N#Cc1nccnc1NC1CCCC1C(=O)O. The van der Waals surface area contributed by atoms with Gasteiger partial charge in [-0.15, -0.1) is 0 Å². The van der Waals surface area contributed by atoms with Crippen molar-refractivity contribution < 1.29 is 9.90 Å². The van der Waals surface area contributed by atoms with Crippen LogP contribution in [0.2, 0.25) is 0 Å². The van der Waals surface area contributed by atoms with Gasteiger partial charge in [-0.3, -0.25) is 4.79 Å². The van der Waals surface area contributed by atoms with Crippen molar-refractivity contribution in [3.8, 4) is 6.07 Å². The van der Waals surface area contributed by atoms with Gasteiger partial charge in [-0.25, -0.2) is 9.97 Å². The summed E-state index contributed by atoms with van der Waals surface area (Å²) in [7, 11) is 0. The molecule has 1 aliphatic carbocycles. The Bertz CT molecular complexity index is 469. The molecule has 1 fully saturated rings. The van der Waals surface area contributed by atoms with E-state index in [0.717, 1.165) is 12.8 Å². The van der Waals surface area contributed by atoms with Crippen LogP contribution in [0.5, 0.6) is 0 Å². The number of hydrogen-bond acceptors (Lipinski definition) is 5. The van der Waals surface area contributed by atoms with E-state index in [0.29, 0.717) is 12.2 Å². The molecule has 0 saturated heterocycles. The van der Waals surface area contributed by atoms with E-state index in [1.807, 2.05) is 6.07 Å². The van der Waals surface area contributed by atoms with E-state index in [-0.39, 0.29) is 11.7 Å². The normalized spacial score (nSPS) is 23.0. The van der Waals surface area contributed by atoms with Crippen molar-refractivity contribution in [2.75, 3.05) is 5.32 Å². The van der Waals surface area contributed by atoms with Gasteiger partial charge in [0, 0.05) is 18.4 Å². The van der Waals surface area contributed by atoms with Crippen molar-refractivity contribution in [1.29, 1.82) is 5.26 Å². The van der Waals surface area contributed by atoms with E-state index >= 15 is 0 Å². The number of hydrogen-bond donors (Lipinski definition) is 2. The van der Waals surface area contributed by atoms with Crippen LogP contribution >= 0.6 is 0 Å². The maximum atomic E-state index is 11.0. The minimum absolute atomic E-state index is 0.170. The number of rotatable bonds is 3. The highest BCUT2D eigenvalue weighted by atomic mass is 16.4. The highest BCUT2D eigenvalue weighted by Crippen LogP contribution is 2.28. The highest BCUT2D eigenvalue weighted by Gasteiger charge is 2.33. The molecule has 0 radical (unpaired) electrons. The molecular weight excluding hydrogens is 220 g/mol. The summed E-state index contributed by atoms with van der Waals surface area (Å²) in [5, 5.41) is 20.9. The van der Waals surface area contributed by atoms with E-state index in [2.05, 4.69) is 15.3 Å². The lowest BCUT2D eigenvalue weighted by molar-refractivity contribution is -0.141. The van der Waals surface area contributed by atoms with Gasteiger partial charge in [0.05, 0.1) is 5.92 Å². The molecule has 6 nitrogen and oxygen atoms in total. The predicted octanol–water partition coefficient (Wildman–Crippen LogP) is 1.01. The summed E-state index contributed by atoms with van der Waals surface area (Å²) in [5.41, 5.74) is 0.198. The number of anilines is 1. The van der Waals surface area contributed by atoms with Gasteiger partial charge in [-0.1, -0.05) is 6.42 Å². The number of nitrogens with one attached hydrogen (secondary N) is 1. The summed E-state index contributed by atoms with van der Waals surface area (Å²) in [4.78, 5) is 18.9. The molecule has 6 heteroatoms. The van der Waals surface area contributed by atoms with Crippen molar-refractivity contribution >= 4 is 11.8 Å². The van der Waals surface area contributed by atoms with Crippen molar-refractivity contribution in [3.63, 3.8) is 0 Å². The van der Waals surface area contributed by atoms with Crippen LogP contribution < -0.4 is 5.32 Å². The smallest absolute Gasteiger partial charge is 0.308 e. The first-order valence-electron chi connectivity index (χ1n) is 5.43. The molecular formula is C11H12N4O2. The van der Waals surface area contributed by atoms with Crippen molar-refractivity contribution in [3.05, 3.63) is 18.1 Å². The minimum Gasteiger partial charge on any atom is -0.481 e. The number of carbonyl (C=O) groups is 1. The first kappa shape index (κ1) is 11.3. The minimum atomic E-state index is -0.803.